The maximum Gasteiger partial charge on any atom is 0.132 e. The van der Waals surface area contributed by atoms with E-state index in [4.69, 9.17) is 0 Å². The largest absolute Gasteiger partial charge is 0.344 e. The van der Waals surface area contributed by atoms with Crippen LogP contribution >= 0.6 is 0 Å². The van der Waals surface area contributed by atoms with Gasteiger partial charge in [-0.25, -0.2) is 4.39 Å². The summed E-state index contributed by atoms with van der Waals surface area (Å²) in [6.45, 7) is 18.6. The maximum absolute atomic E-state index is 14.0. The highest BCUT2D eigenvalue weighted by Crippen LogP contribution is 2.28. The second-order valence-corrected chi connectivity index (χ2v) is 9.91. The molecular weight excluding hydrogens is 457 g/mol. The van der Waals surface area contributed by atoms with Gasteiger partial charge in [0.2, 0.25) is 0 Å². The zero-order valence-electron chi connectivity index (χ0n) is 25.1. The molecule has 37 heavy (non-hydrogen) atoms. The third-order valence-corrected chi connectivity index (χ3v) is 6.69. The molecule has 0 aliphatic heterocycles. The number of nitrogens with zero attached hydrogens (tertiary/aromatic N) is 1. The Kier molecular flexibility index (Phi) is 19.3. The zero-order valence-corrected chi connectivity index (χ0v) is 25.1. The lowest BCUT2D eigenvalue weighted by molar-refractivity contribution is -0.121. The van der Waals surface area contributed by atoms with Gasteiger partial charge in [0.05, 0.1) is 0 Å². The minimum atomic E-state index is -0.229. The molecule has 208 valence electrons. The fraction of sp³-hybridized carbons (Fsp3) is 0.559. The summed E-state index contributed by atoms with van der Waals surface area (Å²) in [4.78, 5) is 12.9. The Morgan fingerprint density at radius 1 is 0.892 bits per heavy atom. The molecule has 0 N–H and O–H groups in total. The van der Waals surface area contributed by atoms with Crippen LogP contribution in [0, 0.1) is 18.7 Å². The van der Waals surface area contributed by atoms with E-state index in [9.17, 15) is 9.18 Å². The number of unbranched alkanes of at least 4 members (excludes halogenated alkanes) is 4. The van der Waals surface area contributed by atoms with Crippen LogP contribution in [-0.4, -0.2) is 12.8 Å². The van der Waals surface area contributed by atoms with Crippen molar-refractivity contribution in [2.24, 2.45) is 5.92 Å². The van der Waals surface area contributed by atoms with Gasteiger partial charge in [-0.2, -0.15) is 0 Å². The molecule has 2 nitrogen and oxygen atoms in total. The van der Waals surface area contributed by atoms with E-state index in [1.54, 1.807) is 6.92 Å². The van der Waals surface area contributed by atoms with Crippen molar-refractivity contribution in [1.29, 1.82) is 0 Å². The first-order valence-corrected chi connectivity index (χ1v) is 14.5. The molecule has 0 bridgehead atoms. The summed E-state index contributed by atoms with van der Waals surface area (Å²) < 4.78 is 14.0. The van der Waals surface area contributed by atoms with Gasteiger partial charge in [0.15, 0.2) is 0 Å². The number of rotatable bonds is 13. The number of halogens is 1. The maximum atomic E-state index is 14.0. The summed E-state index contributed by atoms with van der Waals surface area (Å²) in [6, 6.07) is 13.2. The van der Waals surface area contributed by atoms with E-state index < -0.39 is 0 Å². The van der Waals surface area contributed by atoms with E-state index in [1.807, 2.05) is 55.3 Å². The number of anilines is 1. The predicted molar refractivity (Wildman–Crippen MR) is 163 cm³/mol. The monoisotopic (exact) mass is 511 g/mol. The lowest BCUT2D eigenvalue weighted by Crippen LogP contribution is -2.16. The molecule has 0 atom stereocenters. The summed E-state index contributed by atoms with van der Waals surface area (Å²) >= 11 is 0. The van der Waals surface area contributed by atoms with Crippen LogP contribution in [0.15, 0.2) is 49.0 Å². The van der Waals surface area contributed by atoms with E-state index in [-0.39, 0.29) is 5.82 Å². The van der Waals surface area contributed by atoms with Crippen LogP contribution in [0.25, 0.3) is 5.70 Å². The number of ketones is 1. The van der Waals surface area contributed by atoms with Gasteiger partial charge in [-0.1, -0.05) is 110 Å². The minimum Gasteiger partial charge on any atom is -0.344 e. The molecule has 2 rings (SSSR count). The van der Waals surface area contributed by atoms with Crippen molar-refractivity contribution in [1.82, 2.24) is 0 Å². The average Bonchev–Trinajstić information content (AvgIpc) is 2.89. The Balaban J connectivity index is 0.000000637. The van der Waals surface area contributed by atoms with Crippen LogP contribution in [0.1, 0.15) is 116 Å². The molecule has 0 aliphatic rings. The lowest BCUT2D eigenvalue weighted by Gasteiger charge is -2.24. The Morgan fingerprint density at radius 2 is 1.46 bits per heavy atom. The summed E-state index contributed by atoms with van der Waals surface area (Å²) in [7, 11) is 1.92. The van der Waals surface area contributed by atoms with E-state index in [2.05, 4.69) is 41.2 Å². The number of Topliss-reactive ketones (excluding diaryl/α,β-unsaturated/α-hetero) is 1. The van der Waals surface area contributed by atoms with Gasteiger partial charge in [-0.05, 0) is 62.4 Å². The molecule has 0 spiro atoms. The Labute approximate surface area is 228 Å². The zero-order chi connectivity index (χ0) is 28.2. The molecule has 0 aliphatic carbocycles. The number of hydrogen-bond donors (Lipinski definition) is 0. The van der Waals surface area contributed by atoms with Gasteiger partial charge >= 0.3 is 0 Å². The minimum absolute atomic E-state index is 0.229. The topological polar surface area (TPSA) is 20.3 Å². The highest BCUT2D eigenvalue weighted by Gasteiger charge is 2.13. The van der Waals surface area contributed by atoms with Crippen LogP contribution in [-0.2, 0) is 11.2 Å². The molecule has 3 heteroatoms. The van der Waals surface area contributed by atoms with Crippen molar-refractivity contribution >= 4 is 17.2 Å². The Morgan fingerprint density at radius 3 is 1.92 bits per heavy atom. The summed E-state index contributed by atoms with van der Waals surface area (Å²) in [5, 5.41) is 0. The quantitative estimate of drug-likeness (QED) is 0.249. The number of aryl methyl sites for hydroxylation is 2. The number of para-hydroxylation sites is 1. The highest BCUT2D eigenvalue weighted by atomic mass is 19.1. The highest BCUT2D eigenvalue weighted by molar-refractivity contribution is 5.79. The lowest BCUT2D eigenvalue weighted by atomic mass is 9.95. The third kappa shape index (κ3) is 13.6. The van der Waals surface area contributed by atoms with Crippen LogP contribution in [0.5, 0.6) is 0 Å². The first kappa shape index (κ1) is 34.6. The first-order valence-electron chi connectivity index (χ1n) is 14.5. The SMILES string of the molecule is C=C(c1cc(CC)ccc1F)N(C)c1ccccc1C.CCCC(CCC)C(C)=O.CCCCCCC. The molecule has 0 fully saturated rings. The van der Waals surface area contributed by atoms with Crippen molar-refractivity contribution in [2.45, 2.75) is 113 Å². The molecule has 0 saturated carbocycles. The van der Waals surface area contributed by atoms with Crippen molar-refractivity contribution in [2.75, 3.05) is 11.9 Å². The van der Waals surface area contributed by atoms with Gasteiger partial charge in [0, 0.05) is 29.9 Å². The smallest absolute Gasteiger partial charge is 0.132 e. The first-order chi connectivity index (χ1) is 17.7. The fourth-order valence-corrected chi connectivity index (χ4v) is 4.20. The number of carbonyl (C=O) groups is 1. The van der Waals surface area contributed by atoms with Crippen LogP contribution in [0.4, 0.5) is 10.1 Å². The molecule has 2 aromatic rings. The molecule has 0 radical (unpaired) electrons. The Hall–Kier alpha value is -2.42. The van der Waals surface area contributed by atoms with E-state index in [1.165, 1.54) is 38.2 Å². The molecule has 0 heterocycles. The number of hydrogen-bond acceptors (Lipinski definition) is 2. The Bertz CT molecular complexity index is 894. The summed E-state index contributed by atoms with van der Waals surface area (Å²) in [5.74, 6) is 0.478. The predicted octanol–water partition coefficient (Wildman–Crippen LogP) is 10.6. The van der Waals surface area contributed by atoms with Gasteiger partial charge in [-0.3, -0.25) is 4.79 Å². The average molecular weight is 512 g/mol. The van der Waals surface area contributed by atoms with E-state index in [0.717, 1.165) is 48.9 Å². The van der Waals surface area contributed by atoms with Crippen LogP contribution in [0.3, 0.4) is 0 Å². The fourth-order valence-electron chi connectivity index (χ4n) is 4.20. The normalized spacial score (nSPS) is 10.2. The van der Waals surface area contributed by atoms with Gasteiger partial charge in [0.1, 0.15) is 11.6 Å². The molecule has 0 amide bonds. The summed E-state index contributed by atoms with van der Waals surface area (Å²) in [6.07, 6.45) is 12.3. The van der Waals surface area contributed by atoms with Crippen molar-refractivity contribution in [3.05, 3.63) is 71.6 Å². The van der Waals surface area contributed by atoms with E-state index >= 15 is 0 Å². The van der Waals surface area contributed by atoms with Gasteiger partial charge < -0.3 is 4.90 Å². The van der Waals surface area contributed by atoms with Crippen molar-refractivity contribution in [3.63, 3.8) is 0 Å². The van der Waals surface area contributed by atoms with Crippen molar-refractivity contribution in [3.8, 4) is 0 Å². The molecule has 0 aromatic heterocycles. The standard InChI is InChI=1S/C18H20FN.C9H18O.C7H16/c1-5-15-10-11-17(19)16(12-15)14(3)20(4)18-9-7-6-8-13(18)2;1-4-6-9(7-5-2)8(3)10;1-3-5-7-6-4-2/h6-12H,3,5H2,1-2,4H3;9H,4-7H2,1-3H3;3-7H2,1-2H3. The molecule has 0 saturated heterocycles. The second kappa shape index (κ2) is 20.6. The molecular formula is C34H54FNO. The van der Waals surface area contributed by atoms with E-state index in [0.29, 0.717) is 23.0 Å². The number of carbonyl (C=O) groups excluding carboxylic acids is 1. The van der Waals surface area contributed by atoms with Gasteiger partial charge in [-0.15, -0.1) is 0 Å². The molecule has 2 aromatic carbocycles. The van der Waals surface area contributed by atoms with Crippen LogP contribution in [0.2, 0.25) is 0 Å². The van der Waals surface area contributed by atoms with Gasteiger partial charge in [0.25, 0.3) is 0 Å². The summed E-state index contributed by atoms with van der Waals surface area (Å²) in [5.41, 5.74) is 4.53. The second-order valence-electron chi connectivity index (χ2n) is 9.91. The molecule has 0 unspecified atom stereocenters. The van der Waals surface area contributed by atoms with Crippen molar-refractivity contribution < 1.29 is 9.18 Å². The van der Waals surface area contributed by atoms with Crippen LogP contribution < -0.4 is 4.90 Å². The third-order valence-electron chi connectivity index (χ3n) is 6.69. The number of benzene rings is 2.